The molecular formula is C12H12FNOS. The third kappa shape index (κ3) is 2.07. The highest BCUT2D eigenvalue weighted by molar-refractivity contribution is 7.09. The van der Waals surface area contributed by atoms with Crippen molar-refractivity contribution in [1.82, 2.24) is 4.98 Å². The number of methoxy groups -OCH3 is 1. The van der Waals surface area contributed by atoms with Crippen LogP contribution >= 0.6 is 11.3 Å². The first-order valence-electron chi connectivity index (χ1n) is 5.03. The first kappa shape index (κ1) is 11.1. The molecule has 0 aliphatic heterocycles. The van der Waals surface area contributed by atoms with E-state index < -0.39 is 0 Å². The smallest absolute Gasteiger partial charge is 0.128 e. The molecule has 2 rings (SSSR count). The van der Waals surface area contributed by atoms with Crippen molar-refractivity contribution in [1.29, 1.82) is 0 Å². The first-order chi connectivity index (χ1) is 7.74. The Bertz CT molecular complexity index is 496. The number of aryl methyl sites for hydroxylation is 1. The third-order valence-electron chi connectivity index (χ3n) is 2.29. The lowest BCUT2D eigenvalue weighted by Gasteiger charge is -2.05. The second kappa shape index (κ2) is 4.61. The lowest BCUT2D eigenvalue weighted by molar-refractivity contribution is 0.415. The van der Waals surface area contributed by atoms with Crippen LogP contribution in [0, 0.1) is 5.82 Å². The fraction of sp³-hybridized carbons (Fsp3) is 0.250. The third-order valence-corrected chi connectivity index (χ3v) is 3.28. The van der Waals surface area contributed by atoms with Gasteiger partial charge in [-0.25, -0.2) is 9.37 Å². The molecule has 4 heteroatoms. The number of thiazole rings is 1. The number of rotatable bonds is 3. The van der Waals surface area contributed by atoms with Gasteiger partial charge in [0.25, 0.3) is 0 Å². The molecule has 0 amide bonds. The van der Waals surface area contributed by atoms with E-state index in [-0.39, 0.29) is 5.82 Å². The van der Waals surface area contributed by atoms with Crippen LogP contribution in [-0.2, 0) is 6.42 Å². The Morgan fingerprint density at radius 2 is 2.25 bits per heavy atom. The minimum Gasteiger partial charge on any atom is -0.496 e. The summed E-state index contributed by atoms with van der Waals surface area (Å²) in [7, 11) is 1.57. The lowest BCUT2D eigenvalue weighted by Crippen LogP contribution is -1.89. The van der Waals surface area contributed by atoms with Gasteiger partial charge in [-0.1, -0.05) is 6.92 Å². The topological polar surface area (TPSA) is 22.1 Å². The highest BCUT2D eigenvalue weighted by atomic mass is 32.1. The summed E-state index contributed by atoms with van der Waals surface area (Å²) >= 11 is 1.58. The molecule has 84 valence electrons. The Morgan fingerprint density at radius 3 is 2.88 bits per heavy atom. The second-order valence-electron chi connectivity index (χ2n) is 3.32. The first-order valence-corrected chi connectivity index (χ1v) is 5.91. The molecule has 1 aromatic heterocycles. The van der Waals surface area contributed by atoms with Gasteiger partial charge < -0.3 is 4.74 Å². The van der Waals surface area contributed by atoms with Crippen molar-refractivity contribution in [2.75, 3.05) is 7.11 Å². The zero-order valence-electron chi connectivity index (χ0n) is 9.16. The molecule has 0 bridgehead atoms. The van der Waals surface area contributed by atoms with Crippen LogP contribution in [0.1, 0.15) is 11.9 Å². The van der Waals surface area contributed by atoms with Crippen LogP contribution in [0.25, 0.3) is 11.3 Å². The second-order valence-corrected chi connectivity index (χ2v) is 4.27. The summed E-state index contributed by atoms with van der Waals surface area (Å²) in [5.74, 6) is 0.371. The molecule has 0 N–H and O–H groups in total. The van der Waals surface area contributed by atoms with Crippen LogP contribution in [0.15, 0.2) is 23.6 Å². The van der Waals surface area contributed by atoms with E-state index in [1.165, 1.54) is 12.1 Å². The highest BCUT2D eigenvalue weighted by Crippen LogP contribution is 2.31. The zero-order chi connectivity index (χ0) is 11.5. The molecule has 0 saturated carbocycles. The summed E-state index contributed by atoms with van der Waals surface area (Å²) in [6, 6.07) is 4.46. The van der Waals surface area contributed by atoms with Gasteiger partial charge in [-0.15, -0.1) is 11.3 Å². The lowest BCUT2D eigenvalue weighted by atomic mass is 10.1. The molecule has 0 radical (unpaired) electrons. The van der Waals surface area contributed by atoms with Crippen LogP contribution in [0.4, 0.5) is 4.39 Å². The van der Waals surface area contributed by atoms with Crippen molar-refractivity contribution in [3.63, 3.8) is 0 Å². The number of hydrogen-bond acceptors (Lipinski definition) is 3. The fourth-order valence-corrected chi connectivity index (χ4v) is 2.22. The van der Waals surface area contributed by atoms with Gasteiger partial charge in [0.1, 0.15) is 11.6 Å². The SMILES string of the molecule is CCc1nc(-c2cc(F)ccc2OC)cs1. The van der Waals surface area contributed by atoms with Gasteiger partial charge in [-0.2, -0.15) is 0 Å². The van der Waals surface area contributed by atoms with Crippen molar-refractivity contribution >= 4 is 11.3 Å². The van der Waals surface area contributed by atoms with Crippen LogP contribution in [0.3, 0.4) is 0 Å². The molecule has 16 heavy (non-hydrogen) atoms. The Balaban J connectivity index is 2.49. The summed E-state index contributed by atoms with van der Waals surface area (Å²) < 4.78 is 18.4. The summed E-state index contributed by atoms with van der Waals surface area (Å²) in [5, 5.41) is 2.97. The Labute approximate surface area is 97.7 Å². The molecule has 0 atom stereocenters. The van der Waals surface area contributed by atoms with Gasteiger partial charge in [0.2, 0.25) is 0 Å². The maximum atomic E-state index is 13.2. The van der Waals surface area contributed by atoms with E-state index in [9.17, 15) is 4.39 Å². The maximum Gasteiger partial charge on any atom is 0.128 e. The largest absolute Gasteiger partial charge is 0.496 e. The zero-order valence-corrected chi connectivity index (χ0v) is 9.97. The monoisotopic (exact) mass is 237 g/mol. The summed E-state index contributed by atoms with van der Waals surface area (Å²) in [6.45, 7) is 2.05. The molecule has 2 aromatic rings. The van der Waals surface area contributed by atoms with Gasteiger partial charge in [-0.05, 0) is 24.6 Å². The van der Waals surface area contributed by atoms with Crippen molar-refractivity contribution in [2.45, 2.75) is 13.3 Å². The Hall–Kier alpha value is -1.42. The number of benzene rings is 1. The van der Waals surface area contributed by atoms with Crippen LogP contribution < -0.4 is 4.74 Å². The van der Waals surface area contributed by atoms with E-state index in [1.807, 2.05) is 12.3 Å². The van der Waals surface area contributed by atoms with E-state index in [0.29, 0.717) is 11.3 Å². The molecule has 0 aliphatic carbocycles. The maximum absolute atomic E-state index is 13.2. The van der Waals surface area contributed by atoms with Crippen LogP contribution in [0.5, 0.6) is 5.75 Å². The number of ether oxygens (including phenoxy) is 1. The normalized spacial score (nSPS) is 10.4. The number of halogens is 1. The molecule has 0 unspecified atom stereocenters. The quantitative estimate of drug-likeness (QED) is 0.814. The minimum atomic E-state index is -0.276. The van der Waals surface area contributed by atoms with Crippen molar-refractivity contribution in [3.8, 4) is 17.0 Å². The minimum absolute atomic E-state index is 0.276. The van der Waals surface area contributed by atoms with Gasteiger partial charge in [0.05, 0.1) is 17.8 Å². The molecule has 0 saturated heterocycles. The number of hydrogen-bond donors (Lipinski definition) is 0. The Kier molecular flexibility index (Phi) is 3.19. The molecule has 0 fully saturated rings. The van der Waals surface area contributed by atoms with Gasteiger partial charge in [-0.3, -0.25) is 0 Å². The predicted molar refractivity (Wildman–Crippen MR) is 63.4 cm³/mol. The summed E-state index contributed by atoms with van der Waals surface area (Å²) in [4.78, 5) is 4.42. The summed E-state index contributed by atoms with van der Waals surface area (Å²) in [6.07, 6.45) is 0.891. The molecule has 2 nitrogen and oxygen atoms in total. The predicted octanol–water partition coefficient (Wildman–Crippen LogP) is 3.52. The van der Waals surface area contributed by atoms with Gasteiger partial charge >= 0.3 is 0 Å². The van der Waals surface area contributed by atoms with Gasteiger partial charge in [0.15, 0.2) is 0 Å². The van der Waals surface area contributed by atoms with Crippen LogP contribution in [0.2, 0.25) is 0 Å². The van der Waals surface area contributed by atoms with E-state index in [1.54, 1.807) is 24.5 Å². The molecule has 0 spiro atoms. The van der Waals surface area contributed by atoms with Gasteiger partial charge in [0, 0.05) is 10.9 Å². The van der Waals surface area contributed by atoms with E-state index in [4.69, 9.17) is 4.74 Å². The average molecular weight is 237 g/mol. The van der Waals surface area contributed by atoms with E-state index in [0.717, 1.165) is 17.1 Å². The fourth-order valence-electron chi connectivity index (χ4n) is 1.48. The highest BCUT2D eigenvalue weighted by Gasteiger charge is 2.10. The molecular weight excluding hydrogens is 225 g/mol. The molecule has 0 aliphatic rings. The average Bonchev–Trinajstić information content (AvgIpc) is 2.77. The molecule has 1 heterocycles. The van der Waals surface area contributed by atoms with E-state index in [2.05, 4.69) is 4.98 Å². The standard InChI is InChI=1S/C12H12FNOS/c1-3-12-14-10(7-16-12)9-6-8(13)4-5-11(9)15-2/h4-7H,3H2,1-2H3. The number of aromatic nitrogens is 1. The van der Waals surface area contributed by atoms with Crippen molar-refractivity contribution in [2.24, 2.45) is 0 Å². The van der Waals surface area contributed by atoms with E-state index >= 15 is 0 Å². The summed E-state index contributed by atoms with van der Waals surface area (Å²) in [5.41, 5.74) is 1.48. The van der Waals surface area contributed by atoms with Crippen molar-refractivity contribution in [3.05, 3.63) is 34.4 Å². The molecule has 1 aromatic carbocycles. The Morgan fingerprint density at radius 1 is 1.44 bits per heavy atom. The van der Waals surface area contributed by atoms with Crippen LogP contribution in [-0.4, -0.2) is 12.1 Å². The number of nitrogens with zero attached hydrogens (tertiary/aromatic N) is 1. The van der Waals surface area contributed by atoms with Crippen molar-refractivity contribution < 1.29 is 9.13 Å².